The molecule has 25 heavy (non-hydrogen) atoms. The number of carbonyl (C=O) groups excluding carboxylic acids is 1. The van der Waals surface area contributed by atoms with Crippen LogP contribution in [0, 0.1) is 0 Å². The first-order chi connectivity index (χ1) is 12.1. The zero-order chi connectivity index (χ0) is 17.6. The molecule has 1 N–H and O–H groups in total. The van der Waals surface area contributed by atoms with Crippen molar-refractivity contribution in [3.8, 4) is 11.5 Å². The van der Waals surface area contributed by atoms with E-state index in [1.807, 2.05) is 25.1 Å². The van der Waals surface area contributed by atoms with Crippen molar-refractivity contribution >= 4 is 11.6 Å². The molecule has 0 saturated carbocycles. The van der Waals surface area contributed by atoms with E-state index in [0.29, 0.717) is 0 Å². The summed E-state index contributed by atoms with van der Waals surface area (Å²) < 4.78 is 11.0. The number of nitrogens with one attached hydrogen (secondary N) is 1. The Labute approximate surface area is 147 Å². The molecule has 0 saturated heterocycles. The van der Waals surface area contributed by atoms with Crippen LogP contribution in [-0.2, 0) is 11.2 Å². The van der Waals surface area contributed by atoms with Gasteiger partial charge in [-0.15, -0.1) is 0 Å². The van der Waals surface area contributed by atoms with E-state index >= 15 is 0 Å². The molecule has 0 radical (unpaired) electrons. The van der Waals surface area contributed by atoms with E-state index < -0.39 is 0 Å². The molecule has 2 atom stereocenters. The summed E-state index contributed by atoms with van der Waals surface area (Å²) in [6.45, 7) is 2.80. The molecule has 0 fully saturated rings. The minimum absolute atomic E-state index is 0.0220. The second kappa shape index (κ2) is 6.08. The number of amides is 1. The van der Waals surface area contributed by atoms with Gasteiger partial charge >= 0.3 is 0 Å². The number of benzene rings is 2. The van der Waals surface area contributed by atoms with Crippen molar-refractivity contribution < 1.29 is 14.3 Å². The van der Waals surface area contributed by atoms with E-state index in [-0.39, 0.29) is 18.0 Å². The zero-order valence-electron chi connectivity index (χ0n) is 14.7. The van der Waals surface area contributed by atoms with Crippen LogP contribution in [0.1, 0.15) is 29.7 Å². The molecular weight excluding hydrogens is 316 g/mol. The van der Waals surface area contributed by atoms with E-state index in [0.717, 1.165) is 35.7 Å². The third-order valence-corrected chi connectivity index (χ3v) is 5.30. The first-order valence-corrected chi connectivity index (χ1v) is 8.54. The Kier molecular flexibility index (Phi) is 3.88. The molecule has 2 unspecified atom stereocenters. The monoisotopic (exact) mass is 338 g/mol. The van der Waals surface area contributed by atoms with Gasteiger partial charge in [0.15, 0.2) is 11.5 Å². The fraction of sp³-hybridized carbons (Fsp3) is 0.350. The summed E-state index contributed by atoms with van der Waals surface area (Å²) in [5.41, 5.74) is 4.43. The Morgan fingerprint density at radius 3 is 2.56 bits per heavy atom. The van der Waals surface area contributed by atoms with Crippen molar-refractivity contribution in [1.82, 2.24) is 4.90 Å². The van der Waals surface area contributed by atoms with Crippen molar-refractivity contribution in [2.24, 2.45) is 0 Å². The predicted molar refractivity (Wildman–Crippen MR) is 96.3 cm³/mol. The van der Waals surface area contributed by atoms with Crippen LogP contribution >= 0.6 is 0 Å². The van der Waals surface area contributed by atoms with Crippen LogP contribution in [-0.4, -0.2) is 37.6 Å². The molecule has 5 nitrogen and oxygen atoms in total. The van der Waals surface area contributed by atoms with Crippen LogP contribution < -0.4 is 14.8 Å². The number of fused-ring (bicyclic) bond motifs is 5. The average molecular weight is 338 g/mol. The largest absolute Gasteiger partial charge is 0.493 e. The molecule has 0 aliphatic carbocycles. The molecule has 0 aromatic heterocycles. The fourth-order valence-electron chi connectivity index (χ4n) is 3.97. The molecule has 2 aromatic carbocycles. The molecule has 4 rings (SSSR count). The normalized spacial score (nSPS) is 22.1. The topological polar surface area (TPSA) is 50.8 Å². The Morgan fingerprint density at radius 1 is 1.08 bits per heavy atom. The Balaban J connectivity index is 1.94. The maximum absolute atomic E-state index is 12.6. The first-order valence-electron chi connectivity index (χ1n) is 8.54. The highest BCUT2D eigenvalue weighted by Crippen LogP contribution is 2.44. The molecule has 5 heteroatoms. The number of ether oxygens (including phenoxy) is 2. The fourth-order valence-corrected chi connectivity index (χ4v) is 3.97. The van der Waals surface area contributed by atoms with Gasteiger partial charge in [-0.25, -0.2) is 0 Å². The Morgan fingerprint density at radius 2 is 1.80 bits per heavy atom. The van der Waals surface area contributed by atoms with Crippen LogP contribution in [0.25, 0.3) is 0 Å². The van der Waals surface area contributed by atoms with Gasteiger partial charge in [0.25, 0.3) is 0 Å². The number of carbonyl (C=O) groups is 1. The molecule has 2 heterocycles. The number of anilines is 1. The van der Waals surface area contributed by atoms with Gasteiger partial charge in [0.05, 0.1) is 26.3 Å². The standard InChI is InChI=1S/C20H22N2O3/c1-12-20(23)21-16-7-5-4-6-14(16)19-15-11-18(25-3)17(24-2)10-13(15)8-9-22(12)19/h4-7,10-12,19H,8-9H2,1-3H3,(H,21,23). The van der Waals surface area contributed by atoms with Gasteiger partial charge in [-0.1, -0.05) is 18.2 Å². The summed E-state index contributed by atoms with van der Waals surface area (Å²) in [6, 6.07) is 12.0. The lowest BCUT2D eigenvalue weighted by Crippen LogP contribution is -2.45. The van der Waals surface area contributed by atoms with Crippen molar-refractivity contribution in [3.05, 3.63) is 53.1 Å². The summed E-state index contributed by atoms with van der Waals surface area (Å²) in [5, 5.41) is 3.07. The lowest BCUT2D eigenvalue weighted by molar-refractivity contribution is -0.121. The second-order valence-electron chi connectivity index (χ2n) is 6.55. The molecule has 0 spiro atoms. The van der Waals surface area contributed by atoms with E-state index in [1.54, 1.807) is 14.2 Å². The summed E-state index contributed by atoms with van der Waals surface area (Å²) in [7, 11) is 3.31. The SMILES string of the molecule is COc1cc2c(cc1OC)C1c3ccccc3NC(=O)C(C)N1CC2. The molecule has 0 bridgehead atoms. The number of hydrogen-bond acceptors (Lipinski definition) is 4. The third kappa shape index (κ3) is 2.46. The molecule has 1 amide bonds. The smallest absolute Gasteiger partial charge is 0.241 e. The van der Waals surface area contributed by atoms with Gasteiger partial charge in [0.1, 0.15) is 0 Å². The summed E-state index contributed by atoms with van der Waals surface area (Å²) in [4.78, 5) is 14.8. The van der Waals surface area contributed by atoms with E-state index in [2.05, 4.69) is 28.4 Å². The van der Waals surface area contributed by atoms with E-state index in [9.17, 15) is 4.79 Å². The van der Waals surface area contributed by atoms with Gasteiger partial charge < -0.3 is 14.8 Å². The molecular formula is C20H22N2O3. The molecule has 130 valence electrons. The van der Waals surface area contributed by atoms with Gasteiger partial charge in [-0.05, 0) is 48.2 Å². The lowest BCUT2D eigenvalue weighted by atomic mass is 9.86. The second-order valence-corrected chi connectivity index (χ2v) is 6.55. The summed E-state index contributed by atoms with van der Waals surface area (Å²) >= 11 is 0. The highest BCUT2D eigenvalue weighted by molar-refractivity contribution is 5.96. The average Bonchev–Trinajstić information content (AvgIpc) is 2.75. The molecule has 2 aliphatic rings. The molecule has 2 aliphatic heterocycles. The number of para-hydroxylation sites is 1. The van der Waals surface area contributed by atoms with Gasteiger partial charge in [-0.3, -0.25) is 9.69 Å². The third-order valence-electron chi connectivity index (χ3n) is 5.30. The van der Waals surface area contributed by atoms with Crippen molar-refractivity contribution in [3.63, 3.8) is 0 Å². The van der Waals surface area contributed by atoms with Crippen molar-refractivity contribution in [2.75, 3.05) is 26.1 Å². The summed E-state index contributed by atoms with van der Waals surface area (Å²) in [6.07, 6.45) is 0.881. The Hall–Kier alpha value is -2.53. The van der Waals surface area contributed by atoms with Gasteiger partial charge in [0, 0.05) is 12.2 Å². The minimum Gasteiger partial charge on any atom is -0.493 e. The highest BCUT2D eigenvalue weighted by Gasteiger charge is 2.38. The number of hydrogen-bond donors (Lipinski definition) is 1. The van der Waals surface area contributed by atoms with Crippen LogP contribution in [0.5, 0.6) is 11.5 Å². The van der Waals surface area contributed by atoms with E-state index in [1.165, 1.54) is 11.1 Å². The van der Waals surface area contributed by atoms with Gasteiger partial charge in [-0.2, -0.15) is 0 Å². The number of nitrogens with zero attached hydrogens (tertiary/aromatic N) is 1. The summed E-state index contributed by atoms with van der Waals surface area (Å²) in [5.74, 6) is 1.51. The lowest BCUT2D eigenvalue weighted by Gasteiger charge is -2.39. The van der Waals surface area contributed by atoms with Crippen molar-refractivity contribution in [1.29, 1.82) is 0 Å². The van der Waals surface area contributed by atoms with Crippen LogP contribution in [0.4, 0.5) is 5.69 Å². The first kappa shape index (κ1) is 16.0. The number of methoxy groups -OCH3 is 2. The Bertz CT molecular complexity index is 834. The predicted octanol–water partition coefficient (Wildman–Crippen LogP) is 2.99. The van der Waals surface area contributed by atoms with E-state index in [4.69, 9.17) is 9.47 Å². The van der Waals surface area contributed by atoms with Crippen LogP contribution in [0.15, 0.2) is 36.4 Å². The maximum Gasteiger partial charge on any atom is 0.241 e. The highest BCUT2D eigenvalue weighted by atomic mass is 16.5. The maximum atomic E-state index is 12.6. The van der Waals surface area contributed by atoms with Gasteiger partial charge in [0.2, 0.25) is 5.91 Å². The number of rotatable bonds is 2. The minimum atomic E-state index is -0.196. The van der Waals surface area contributed by atoms with Crippen LogP contribution in [0.2, 0.25) is 0 Å². The van der Waals surface area contributed by atoms with Crippen molar-refractivity contribution in [2.45, 2.75) is 25.4 Å². The van der Waals surface area contributed by atoms with Crippen LogP contribution in [0.3, 0.4) is 0 Å². The quantitative estimate of drug-likeness (QED) is 0.915. The molecule has 2 aromatic rings. The zero-order valence-corrected chi connectivity index (χ0v) is 14.7.